The summed E-state index contributed by atoms with van der Waals surface area (Å²) in [6.45, 7) is 1.26. The molecule has 0 N–H and O–H groups in total. The number of benzene rings is 2. The van der Waals surface area contributed by atoms with E-state index < -0.39 is 0 Å². The van der Waals surface area contributed by atoms with Gasteiger partial charge in [0, 0.05) is 6.54 Å². The van der Waals surface area contributed by atoms with Crippen molar-refractivity contribution in [3.05, 3.63) is 65.7 Å². The number of morpholine rings is 1. The van der Waals surface area contributed by atoms with E-state index in [-0.39, 0.29) is 18.6 Å². The van der Waals surface area contributed by atoms with E-state index >= 15 is 0 Å². The first kappa shape index (κ1) is 14.6. The van der Waals surface area contributed by atoms with E-state index in [1.54, 1.807) is 7.11 Å². The molecule has 1 amide bonds. The smallest absolute Gasteiger partial charge is 0.249 e. The van der Waals surface area contributed by atoms with Gasteiger partial charge in [0.15, 0.2) is 0 Å². The lowest BCUT2D eigenvalue weighted by Gasteiger charge is -2.36. The summed E-state index contributed by atoms with van der Waals surface area (Å²) in [5.41, 5.74) is 2.18. The number of rotatable bonds is 4. The second-order valence-corrected chi connectivity index (χ2v) is 5.31. The van der Waals surface area contributed by atoms with Gasteiger partial charge in [-0.3, -0.25) is 4.79 Å². The van der Waals surface area contributed by atoms with Crippen LogP contribution in [0.3, 0.4) is 0 Å². The highest BCUT2D eigenvalue weighted by molar-refractivity contribution is 5.78. The second-order valence-electron chi connectivity index (χ2n) is 5.31. The molecule has 1 saturated heterocycles. The van der Waals surface area contributed by atoms with E-state index in [0.717, 1.165) is 16.9 Å². The minimum absolute atomic E-state index is 0.0240. The van der Waals surface area contributed by atoms with Crippen LogP contribution in [0.15, 0.2) is 54.6 Å². The van der Waals surface area contributed by atoms with Crippen LogP contribution in [0.5, 0.6) is 5.75 Å². The van der Waals surface area contributed by atoms with Crippen LogP contribution in [-0.2, 0) is 16.1 Å². The lowest BCUT2D eigenvalue weighted by Crippen LogP contribution is -2.43. The molecule has 0 unspecified atom stereocenters. The SMILES string of the molecule is COc1ccc(CN2C(=O)COC[C@H]2c2ccccc2)cc1. The van der Waals surface area contributed by atoms with Gasteiger partial charge in [-0.2, -0.15) is 0 Å². The molecule has 2 aromatic carbocycles. The summed E-state index contributed by atoms with van der Waals surface area (Å²) in [4.78, 5) is 14.2. The van der Waals surface area contributed by atoms with Crippen LogP contribution in [0.1, 0.15) is 17.2 Å². The number of methoxy groups -OCH3 is 1. The topological polar surface area (TPSA) is 38.8 Å². The van der Waals surface area contributed by atoms with Gasteiger partial charge in [0.1, 0.15) is 12.4 Å². The predicted octanol–water partition coefficient (Wildman–Crippen LogP) is 2.80. The second kappa shape index (κ2) is 6.62. The van der Waals surface area contributed by atoms with E-state index in [1.165, 1.54) is 0 Å². The average molecular weight is 297 g/mol. The number of hydrogen-bond acceptors (Lipinski definition) is 3. The highest BCUT2D eigenvalue weighted by Crippen LogP contribution is 2.27. The quantitative estimate of drug-likeness (QED) is 0.871. The van der Waals surface area contributed by atoms with Gasteiger partial charge in [0.2, 0.25) is 5.91 Å². The largest absolute Gasteiger partial charge is 0.497 e. The zero-order valence-corrected chi connectivity index (χ0v) is 12.6. The molecule has 114 valence electrons. The molecule has 2 aromatic rings. The fourth-order valence-electron chi connectivity index (χ4n) is 2.68. The van der Waals surface area contributed by atoms with Crippen LogP contribution in [0.25, 0.3) is 0 Å². The number of hydrogen-bond donors (Lipinski definition) is 0. The van der Waals surface area contributed by atoms with E-state index in [9.17, 15) is 4.79 Å². The molecule has 4 heteroatoms. The first-order valence-electron chi connectivity index (χ1n) is 7.33. The van der Waals surface area contributed by atoms with Crippen molar-refractivity contribution >= 4 is 5.91 Å². The highest BCUT2D eigenvalue weighted by Gasteiger charge is 2.29. The van der Waals surface area contributed by atoms with Crippen LogP contribution < -0.4 is 4.74 Å². The van der Waals surface area contributed by atoms with Crippen molar-refractivity contribution in [1.29, 1.82) is 0 Å². The van der Waals surface area contributed by atoms with Crippen LogP contribution in [0, 0.1) is 0 Å². The maximum absolute atomic E-state index is 12.3. The number of carbonyl (C=O) groups is 1. The standard InChI is InChI=1S/C18H19NO3/c1-21-16-9-7-14(8-10-16)11-19-17(12-22-13-18(19)20)15-5-3-2-4-6-15/h2-10,17H,11-13H2,1H3/t17-/m0/s1. The Bertz CT molecular complexity index is 625. The molecule has 1 fully saturated rings. The fourth-order valence-corrected chi connectivity index (χ4v) is 2.68. The number of ether oxygens (including phenoxy) is 2. The summed E-state index contributed by atoms with van der Waals surface area (Å²) in [5.74, 6) is 0.840. The van der Waals surface area contributed by atoms with Crippen LogP contribution >= 0.6 is 0 Å². The molecule has 0 aliphatic carbocycles. The molecule has 22 heavy (non-hydrogen) atoms. The number of amides is 1. The van der Waals surface area contributed by atoms with Gasteiger partial charge in [0.25, 0.3) is 0 Å². The Kier molecular flexibility index (Phi) is 4.39. The third kappa shape index (κ3) is 3.12. The monoisotopic (exact) mass is 297 g/mol. The molecule has 1 atom stereocenters. The molecule has 0 radical (unpaired) electrons. The summed E-state index contributed by atoms with van der Waals surface area (Å²) >= 11 is 0. The van der Waals surface area contributed by atoms with Crippen molar-refractivity contribution in [3.8, 4) is 5.75 Å². The molecule has 1 aliphatic heterocycles. The Balaban J connectivity index is 1.82. The summed E-state index contributed by atoms with van der Waals surface area (Å²) in [6.07, 6.45) is 0. The molecule has 0 aromatic heterocycles. The van der Waals surface area contributed by atoms with E-state index in [1.807, 2.05) is 59.5 Å². The normalized spacial score (nSPS) is 18.3. The van der Waals surface area contributed by atoms with Crippen LogP contribution in [0.4, 0.5) is 0 Å². The average Bonchev–Trinajstić information content (AvgIpc) is 2.58. The Morgan fingerprint density at radius 3 is 2.55 bits per heavy atom. The molecular weight excluding hydrogens is 278 g/mol. The molecule has 4 nitrogen and oxygen atoms in total. The van der Waals surface area contributed by atoms with Gasteiger partial charge in [-0.1, -0.05) is 42.5 Å². The first-order chi connectivity index (χ1) is 10.8. The Morgan fingerprint density at radius 2 is 1.86 bits per heavy atom. The van der Waals surface area contributed by atoms with Gasteiger partial charge < -0.3 is 14.4 Å². The zero-order valence-electron chi connectivity index (χ0n) is 12.6. The maximum atomic E-state index is 12.3. The van der Waals surface area contributed by atoms with Gasteiger partial charge in [0.05, 0.1) is 19.8 Å². The van der Waals surface area contributed by atoms with E-state index in [0.29, 0.717) is 13.2 Å². The van der Waals surface area contributed by atoms with E-state index in [2.05, 4.69) is 0 Å². The van der Waals surface area contributed by atoms with Crippen molar-refractivity contribution in [2.75, 3.05) is 20.3 Å². The molecule has 0 saturated carbocycles. The summed E-state index contributed by atoms with van der Waals surface area (Å²) in [6, 6.07) is 17.8. The van der Waals surface area contributed by atoms with Crippen molar-refractivity contribution in [1.82, 2.24) is 4.90 Å². The van der Waals surface area contributed by atoms with Crippen molar-refractivity contribution in [3.63, 3.8) is 0 Å². The van der Waals surface area contributed by atoms with Crippen molar-refractivity contribution < 1.29 is 14.3 Å². The van der Waals surface area contributed by atoms with Crippen LogP contribution in [0.2, 0.25) is 0 Å². The predicted molar refractivity (Wildman–Crippen MR) is 83.5 cm³/mol. The number of carbonyl (C=O) groups excluding carboxylic acids is 1. The van der Waals surface area contributed by atoms with E-state index in [4.69, 9.17) is 9.47 Å². The third-order valence-electron chi connectivity index (χ3n) is 3.89. The van der Waals surface area contributed by atoms with Gasteiger partial charge >= 0.3 is 0 Å². The molecule has 0 bridgehead atoms. The van der Waals surface area contributed by atoms with Crippen LogP contribution in [-0.4, -0.2) is 31.1 Å². The lowest BCUT2D eigenvalue weighted by molar-refractivity contribution is -0.149. The first-order valence-corrected chi connectivity index (χ1v) is 7.33. The third-order valence-corrected chi connectivity index (χ3v) is 3.89. The van der Waals surface area contributed by atoms with Crippen molar-refractivity contribution in [2.24, 2.45) is 0 Å². The van der Waals surface area contributed by atoms with Gasteiger partial charge in [-0.05, 0) is 23.3 Å². The Hall–Kier alpha value is -2.33. The fraction of sp³-hybridized carbons (Fsp3) is 0.278. The minimum Gasteiger partial charge on any atom is -0.497 e. The van der Waals surface area contributed by atoms with Crippen molar-refractivity contribution in [2.45, 2.75) is 12.6 Å². The number of nitrogens with zero attached hydrogens (tertiary/aromatic N) is 1. The summed E-state index contributed by atoms with van der Waals surface area (Å²) in [5, 5.41) is 0. The maximum Gasteiger partial charge on any atom is 0.249 e. The summed E-state index contributed by atoms with van der Waals surface area (Å²) < 4.78 is 10.6. The molecule has 3 rings (SSSR count). The molecular formula is C18H19NO3. The Morgan fingerprint density at radius 1 is 1.14 bits per heavy atom. The molecule has 1 aliphatic rings. The molecule has 0 spiro atoms. The van der Waals surface area contributed by atoms with Gasteiger partial charge in [-0.15, -0.1) is 0 Å². The summed E-state index contributed by atoms with van der Waals surface area (Å²) in [7, 11) is 1.64. The minimum atomic E-state index is -0.0375. The lowest BCUT2D eigenvalue weighted by atomic mass is 10.0. The molecule has 1 heterocycles. The Labute approximate surface area is 130 Å². The van der Waals surface area contributed by atoms with Gasteiger partial charge in [-0.25, -0.2) is 0 Å². The zero-order chi connectivity index (χ0) is 15.4. The highest BCUT2D eigenvalue weighted by atomic mass is 16.5.